The smallest absolute Gasteiger partial charge is 0.394 e. The van der Waals surface area contributed by atoms with Crippen LogP contribution in [0.3, 0.4) is 0 Å². The quantitative estimate of drug-likeness (QED) is 0.676. The number of nitrogens with one attached hydrogen (secondary N) is 2. The Bertz CT molecular complexity index is 491. The fourth-order valence-corrected chi connectivity index (χ4v) is 1.29. The first kappa shape index (κ1) is 12.5. The Kier molecular flexibility index (Phi) is 4.06. The standard InChI is InChI=1S/C11H11N3O3/c1-2-13-8-4-3-5-9(7(8)6-12)14-10(15)11(16)17/h3-5,13H,2H2,1H3,(H,14,15)(H,16,17). The van der Waals surface area contributed by atoms with Crippen LogP contribution in [-0.2, 0) is 9.59 Å². The average molecular weight is 233 g/mol. The van der Waals surface area contributed by atoms with Gasteiger partial charge in [0.05, 0.1) is 16.9 Å². The summed E-state index contributed by atoms with van der Waals surface area (Å²) >= 11 is 0. The topological polar surface area (TPSA) is 102 Å². The third-order valence-corrected chi connectivity index (χ3v) is 1.99. The molecule has 0 radical (unpaired) electrons. The summed E-state index contributed by atoms with van der Waals surface area (Å²) in [6, 6.07) is 6.70. The molecule has 1 amide bonds. The van der Waals surface area contributed by atoms with Gasteiger partial charge in [0.25, 0.3) is 0 Å². The first-order valence-electron chi connectivity index (χ1n) is 4.91. The van der Waals surface area contributed by atoms with Gasteiger partial charge >= 0.3 is 11.9 Å². The van der Waals surface area contributed by atoms with E-state index in [1.165, 1.54) is 6.07 Å². The zero-order chi connectivity index (χ0) is 12.8. The number of amides is 1. The minimum atomic E-state index is -1.59. The van der Waals surface area contributed by atoms with Crippen LogP contribution < -0.4 is 10.6 Å². The summed E-state index contributed by atoms with van der Waals surface area (Å²) in [4.78, 5) is 21.4. The predicted molar refractivity (Wildman–Crippen MR) is 61.6 cm³/mol. The number of aliphatic carboxylic acids is 1. The van der Waals surface area contributed by atoms with Gasteiger partial charge in [-0.15, -0.1) is 0 Å². The van der Waals surface area contributed by atoms with E-state index in [9.17, 15) is 9.59 Å². The van der Waals surface area contributed by atoms with Crippen molar-refractivity contribution in [1.29, 1.82) is 5.26 Å². The lowest BCUT2D eigenvalue weighted by atomic mass is 10.1. The van der Waals surface area contributed by atoms with Crippen molar-refractivity contribution in [2.75, 3.05) is 17.2 Å². The number of carboxylic acids is 1. The molecule has 1 rings (SSSR count). The summed E-state index contributed by atoms with van der Waals surface area (Å²) < 4.78 is 0. The van der Waals surface area contributed by atoms with Gasteiger partial charge in [0.2, 0.25) is 0 Å². The number of benzene rings is 1. The highest BCUT2D eigenvalue weighted by atomic mass is 16.4. The van der Waals surface area contributed by atoms with Crippen molar-refractivity contribution in [1.82, 2.24) is 0 Å². The van der Waals surface area contributed by atoms with Gasteiger partial charge < -0.3 is 15.7 Å². The third kappa shape index (κ3) is 2.95. The van der Waals surface area contributed by atoms with E-state index in [1.54, 1.807) is 12.1 Å². The van der Waals surface area contributed by atoms with E-state index in [0.717, 1.165) is 0 Å². The Morgan fingerprint density at radius 1 is 1.41 bits per heavy atom. The summed E-state index contributed by atoms with van der Waals surface area (Å²) in [5.41, 5.74) is 0.945. The molecule has 0 aliphatic carbocycles. The third-order valence-electron chi connectivity index (χ3n) is 1.99. The highest BCUT2D eigenvalue weighted by Crippen LogP contribution is 2.23. The molecule has 0 saturated carbocycles. The molecular weight excluding hydrogens is 222 g/mol. The van der Waals surface area contributed by atoms with Crippen LogP contribution >= 0.6 is 0 Å². The molecule has 1 aromatic rings. The van der Waals surface area contributed by atoms with Crippen LogP contribution in [0.15, 0.2) is 18.2 Å². The van der Waals surface area contributed by atoms with Crippen LogP contribution in [0.25, 0.3) is 0 Å². The highest BCUT2D eigenvalue weighted by molar-refractivity contribution is 6.36. The highest BCUT2D eigenvalue weighted by Gasteiger charge is 2.15. The molecule has 6 heteroatoms. The summed E-state index contributed by atoms with van der Waals surface area (Å²) in [6.07, 6.45) is 0. The predicted octanol–water partition coefficient (Wildman–Crippen LogP) is 1.01. The monoisotopic (exact) mass is 233 g/mol. The van der Waals surface area contributed by atoms with Gasteiger partial charge in [-0.1, -0.05) is 6.07 Å². The van der Waals surface area contributed by atoms with Crippen molar-refractivity contribution >= 4 is 23.3 Å². The molecule has 0 heterocycles. The van der Waals surface area contributed by atoms with Crippen LogP contribution in [0.5, 0.6) is 0 Å². The maximum Gasteiger partial charge on any atom is 0.394 e. The normalized spacial score (nSPS) is 9.18. The molecule has 0 aliphatic rings. The maximum absolute atomic E-state index is 11.0. The largest absolute Gasteiger partial charge is 0.474 e. The molecule has 0 unspecified atom stereocenters. The van der Waals surface area contributed by atoms with Gasteiger partial charge in [-0.3, -0.25) is 4.79 Å². The van der Waals surface area contributed by atoms with Gasteiger partial charge in [-0.05, 0) is 19.1 Å². The van der Waals surface area contributed by atoms with E-state index >= 15 is 0 Å². The minimum absolute atomic E-state index is 0.179. The molecule has 0 aromatic heterocycles. The van der Waals surface area contributed by atoms with E-state index in [0.29, 0.717) is 12.2 Å². The Hall–Kier alpha value is -2.55. The lowest BCUT2D eigenvalue weighted by molar-refractivity contribution is -0.147. The number of carboxylic acid groups (broad SMARTS) is 1. The van der Waals surface area contributed by atoms with Crippen LogP contribution in [0.1, 0.15) is 12.5 Å². The summed E-state index contributed by atoms with van der Waals surface area (Å²) in [5.74, 6) is -2.77. The van der Waals surface area contributed by atoms with Crippen LogP contribution in [-0.4, -0.2) is 23.5 Å². The van der Waals surface area contributed by atoms with Crippen molar-refractivity contribution in [2.24, 2.45) is 0 Å². The van der Waals surface area contributed by atoms with E-state index in [2.05, 4.69) is 10.6 Å². The molecule has 0 saturated heterocycles. The molecule has 88 valence electrons. The molecule has 0 atom stereocenters. The van der Waals surface area contributed by atoms with E-state index < -0.39 is 11.9 Å². The van der Waals surface area contributed by atoms with Gasteiger partial charge in [0, 0.05) is 6.54 Å². The van der Waals surface area contributed by atoms with Crippen molar-refractivity contribution in [3.63, 3.8) is 0 Å². The van der Waals surface area contributed by atoms with Gasteiger partial charge in [0.15, 0.2) is 0 Å². The van der Waals surface area contributed by atoms with Gasteiger partial charge in [0.1, 0.15) is 6.07 Å². The fraction of sp³-hybridized carbons (Fsp3) is 0.182. The van der Waals surface area contributed by atoms with Crippen molar-refractivity contribution in [2.45, 2.75) is 6.92 Å². The molecule has 17 heavy (non-hydrogen) atoms. The Morgan fingerprint density at radius 2 is 2.06 bits per heavy atom. The van der Waals surface area contributed by atoms with Crippen molar-refractivity contribution in [3.8, 4) is 6.07 Å². The Balaban J connectivity index is 3.08. The summed E-state index contributed by atoms with van der Waals surface area (Å²) in [7, 11) is 0. The zero-order valence-electron chi connectivity index (χ0n) is 9.15. The first-order chi connectivity index (χ1) is 8.10. The second-order valence-electron chi connectivity index (χ2n) is 3.13. The summed E-state index contributed by atoms with van der Waals surface area (Å²) in [5, 5.41) is 22.6. The molecule has 1 aromatic carbocycles. The number of rotatable bonds is 3. The molecule has 0 bridgehead atoms. The molecule has 0 fully saturated rings. The van der Waals surface area contributed by atoms with Crippen molar-refractivity contribution in [3.05, 3.63) is 23.8 Å². The molecule has 6 nitrogen and oxygen atoms in total. The lowest BCUT2D eigenvalue weighted by Crippen LogP contribution is -2.22. The summed E-state index contributed by atoms with van der Waals surface area (Å²) in [6.45, 7) is 2.48. The number of nitriles is 1. The molecular formula is C11H11N3O3. The van der Waals surface area contributed by atoms with E-state index in [-0.39, 0.29) is 11.3 Å². The van der Waals surface area contributed by atoms with Crippen LogP contribution in [0, 0.1) is 11.3 Å². The number of hydrogen-bond acceptors (Lipinski definition) is 4. The fourth-order valence-electron chi connectivity index (χ4n) is 1.29. The number of anilines is 2. The Labute approximate surface area is 97.9 Å². The number of carbonyl (C=O) groups is 2. The zero-order valence-corrected chi connectivity index (χ0v) is 9.15. The van der Waals surface area contributed by atoms with Crippen molar-refractivity contribution < 1.29 is 14.7 Å². The average Bonchev–Trinajstić information content (AvgIpc) is 2.29. The number of carbonyl (C=O) groups excluding carboxylic acids is 1. The maximum atomic E-state index is 11.0. The van der Waals surface area contributed by atoms with Crippen LogP contribution in [0.2, 0.25) is 0 Å². The van der Waals surface area contributed by atoms with Crippen LogP contribution in [0.4, 0.5) is 11.4 Å². The number of hydrogen-bond donors (Lipinski definition) is 3. The van der Waals surface area contributed by atoms with E-state index in [1.807, 2.05) is 13.0 Å². The van der Waals surface area contributed by atoms with E-state index in [4.69, 9.17) is 10.4 Å². The minimum Gasteiger partial charge on any atom is -0.474 e. The van der Waals surface area contributed by atoms with Gasteiger partial charge in [-0.2, -0.15) is 5.26 Å². The second kappa shape index (κ2) is 5.51. The first-order valence-corrected chi connectivity index (χ1v) is 4.91. The molecule has 0 aliphatic heterocycles. The lowest BCUT2D eigenvalue weighted by Gasteiger charge is -2.10. The second-order valence-corrected chi connectivity index (χ2v) is 3.13. The SMILES string of the molecule is CCNc1cccc(NC(=O)C(=O)O)c1C#N. The molecule has 0 spiro atoms. The van der Waals surface area contributed by atoms with Gasteiger partial charge in [-0.25, -0.2) is 4.79 Å². The number of nitrogens with zero attached hydrogens (tertiary/aromatic N) is 1. The molecule has 3 N–H and O–H groups in total. The Morgan fingerprint density at radius 3 is 2.59 bits per heavy atom.